The molecule has 0 aliphatic carbocycles. The van der Waals surface area contributed by atoms with Crippen LogP contribution in [0, 0.1) is 6.92 Å². The lowest BCUT2D eigenvalue weighted by molar-refractivity contribution is -0.116. The van der Waals surface area contributed by atoms with E-state index < -0.39 is 0 Å². The fourth-order valence-electron chi connectivity index (χ4n) is 2.71. The third kappa shape index (κ3) is 2.23. The Morgan fingerprint density at radius 2 is 2.15 bits per heavy atom. The second-order valence-electron chi connectivity index (χ2n) is 5.15. The first kappa shape index (κ1) is 12.9. The molecule has 0 radical (unpaired) electrons. The lowest BCUT2D eigenvalue weighted by Crippen LogP contribution is -2.21. The van der Waals surface area contributed by atoms with Gasteiger partial charge in [0.05, 0.1) is 12.3 Å². The normalized spacial score (nSPS) is 15.6. The molecule has 1 aliphatic rings. The second kappa shape index (κ2) is 5.13. The van der Waals surface area contributed by atoms with Crippen molar-refractivity contribution in [2.24, 2.45) is 0 Å². The van der Waals surface area contributed by atoms with Gasteiger partial charge in [-0.1, -0.05) is 12.1 Å². The Balaban J connectivity index is 1.97. The van der Waals surface area contributed by atoms with Gasteiger partial charge in [-0.25, -0.2) is 0 Å². The maximum absolute atomic E-state index is 11.4. The SMILES string of the molecule is CNC(c1ccc2c(c1)CCC(=O)N2)c1occc1C. The van der Waals surface area contributed by atoms with Gasteiger partial charge in [-0.2, -0.15) is 0 Å². The number of nitrogens with one attached hydrogen (secondary N) is 2. The number of carbonyl (C=O) groups is 1. The van der Waals surface area contributed by atoms with Crippen LogP contribution >= 0.6 is 0 Å². The lowest BCUT2D eigenvalue weighted by atomic mass is 9.95. The summed E-state index contributed by atoms with van der Waals surface area (Å²) in [7, 11) is 1.92. The maximum Gasteiger partial charge on any atom is 0.224 e. The van der Waals surface area contributed by atoms with E-state index in [2.05, 4.69) is 16.7 Å². The maximum atomic E-state index is 11.4. The molecule has 4 nitrogen and oxygen atoms in total. The minimum absolute atomic E-state index is 0.0351. The quantitative estimate of drug-likeness (QED) is 0.901. The Morgan fingerprint density at radius 3 is 2.85 bits per heavy atom. The first-order valence-corrected chi connectivity index (χ1v) is 6.83. The van der Waals surface area contributed by atoms with E-state index in [1.54, 1.807) is 6.26 Å². The summed E-state index contributed by atoms with van der Waals surface area (Å²) in [5, 5.41) is 6.20. The molecule has 1 aromatic carbocycles. The van der Waals surface area contributed by atoms with Crippen molar-refractivity contribution in [2.75, 3.05) is 12.4 Å². The number of anilines is 1. The van der Waals surface area contributed by atoms with E-state index in [1.165, 1.54) is 5.56 Å². The Labute approximate surface area is 118 Å². The first-order valence-electron chi connectivity index (χ1n) is 6.83. The standard InChI is InChI=1S/C16H18N2O2/c1-10-7-8-20-16(10)15(17-2)12-3-5-13-11(9-12)4-6-14(19)18-13/h3,5,7-9,15,17H,4,6H2,1-2H3,(H,18,19). The van der Waals surface area contributed by atoms with Crippen LogP contribution in [0.1, 0.15) is 34.9 Å². The zero-order chi connectivity index (χ0) is 14.1. The van der Waals surface area contributed by atoms with Crippen LogP contribution in [-0.2, 0) is 11.2 Å². The highest BCUT2D eigenvalue weighted by molar-refractivity contribution is 5.93. The second-order valence-corrected chi connectivity index (χ2v) is 5.15. The van der Waals surface area contributed by atoms with Gasteiger partial charge >= 0.3 is 0 Å². The van der Waals surface area contributed by atoms with Gasteiger partial charge in [0.25, 0.3) is 0 Å². The third-order valence-electron chi connectivity index (χ3n) is 3.81. The van der Waals surface area contributed by atoms with Crippen LogP contribution in [0.4, 0.5) is 5.69 Å². The number of hydrogen-bond acceptors (Lipinski definition) is 3. The van der Waals surface area contributed by atoms with E-state index >= 15 is 0 Å². The van der Waals surface area contributed by atoms with Gasteiger partial charge in [-0.3, -0.25) is 4.79 Å². The molecular weight excluding hydrogens is 252 g/mol. The molecule has 0 spiro atoms. The monoisotopic (exact) mass is 270 g/mol. The summed E-state index contributed by atoms with van der Waals surface area (Å²) < 4.78 is 5.60. The van der Waals surface area contributed by atoms with Crippen molar-refractivity contribution >= 4 is 11.6 Å². The molecule has 20 heavy (non-hydrogen) atoms. The summed E-state index contributed by atoms with van der Waals surface area (Å²) in [4.78, 5) is 11.4. The predicted molar refractivity (Wildman–Crippen MR) is 77.7 cm³/mol. The minimum Gasteiger partial charge on any atom is -0.467 e. The molecular formula is C16H18N2O2. The molecule has 1 amide bonds. The highest BCUT2D eigenvalue weighted by Gasteiger charge is 2.20. The molecule has 1 aliphatic heterocycles. The highest BCUT2D eigenvalue weighted by Crippen LogP contribution is 2.30. The number of hydrogen-bond donors (Lipinski definition) is 2. The molecule has 0 fully saturated rings. The zero-order valence-corrected chi connectivity index (χ0v) is 11.7. The molecule has 0 bridgehead atoms. The first-order chi connectivity index (χ1) is 9.69. The summed E-state index contributed by atoms with van der Waals surface area (Å²) in [5.74, 6) is 1.03. The largest absolute Gasteiger partial charge is 0.467 e. The van der Waals surface area contributed by atoms with Crippen molar-refractivity contribution in [1.29, 1.82) is 0 Å². The highest BCUT2D eigenvalue weighted by atomic mass is 16.3. The molecule has 0 saturated carbocycles. The number of carbonyl (C=O) groups excluding carboxylic acids is 1. The Hall–Kier alpha value is -2.07. The van der Waals surface area contributed by atoms with E-state index in [0.717, 1.165) is 29.0 Å². The van der Waals surface area contributed by atoms with Crippen LogP contribution in [-0.4, -0.2) is 13.0 Å². The Morgan fingerprint density at radius 1 is 1.30 bits per heavy atom. The number of amides is 1. The number of aryl methyl sites for hydroxylation is 2. The third-order valence-corrected chi connectivity index (χ3v) is 3.81. The van der Waals surface area contributed by atoms with Gasteiger partial charge in [0.1, 0.15) is 5.76 Å². The Bertz CT molecular complexity index is 646. The summed E-state index contributed by atoms with van der Waals surface area (Å²) in [5.41, 5.74) is 4.40. The van der Waals surface area contributed by atoms with Crippen LogP contribution in [0.25, 0.3) is 0 Å². The van der Waals surface area contributed by atoms with Crippen molar-refractivity contribution in [1.82, 2.24) is 5.32 Å². The van der Waals surface area contributed by atoms with Crippen molar-refractivity contribution in [3.63, 3.8) is 0 Å². The lowest BCUT2D eigenvalue weighted by Gasteiger charge is -2.21. The average molecular weight is 270 g/mol. The molecule has 3 rings (SSSR count). The minimum atomic E-state index is 0.0351. The molecule has 0 saturated heterocycles. The van der Waals surface area contributed by atoms with Crippen molar-refractivity contribution in [3.8, 4) is 0 Å². The fourth-order valence-corrected chi connectivity index (χ4v) is 2.71. The molecule has 2 aromatic rings. The van der Waals surface area contributed by atoms with E-state index in [4.69, 9.17) is 4.42 Å². The molecule has 1 unspecified atom stereocenters. The van der Waals surface area contributed by atoms with Crippen molar-refractivity contribution < 1.29 is 9.21 Å². The van der Waals surface area contributed by atoms with Crippen LogP contribution in [0.3, 0.4) is 0 Å². The number of fused-ring (bicyclic) bond motifs is 1. The van der Waals surface area contributed by atoms with E-state index in [1.807, 2.05) is 32.2 Å². The van der Waals surface area contributed by atoms with Gasteiger partial charge in [0.15, 0.2) is 0 Å². The number of furan rings is 1. The van der Waals surface area contributed by atoms with E-state index in [0.29, 0.717) is 6.42 Å². The molecule has 1 aromatic heterocycles. The van der Waals surface area contributed by atoms with Gasteiger partial charge < -0.3 is 15.1 Å². The molecule has 104 valence electrons. The predicted octanol–water partition coefficient (Wildman–Crippen LogP) is 2.78. The van der Waals surface area contributed by atoms with Gasteiger partial charge in [0, 0.05) is 12.1 Å². The average Bonchev–Trinajstić information content (AvgIpc) is 2.86. The topological polar surface area (TPSA) is 54.3 Å². The van der Waals surface area contributed by atoms with Crippen LogP contribution in [0.15, 0.2) is 34.9 Å². The number of rotatable bonds is 3. The summed E-state index contributed by atoms with van der Waals surface area (Å²) in [6.07, 6.45) is 3.07. The van der Waals surface area contributed by atoms with Crippen LogP contribution < -0.4 is 10.6 Å². The van der Waals surface area contributed by atoms with Gasteiger partial charge in [0.2, 0.25) is 5.91 Å². The van der Waals surface area contributed by atoms with E-state index in [9.17, 15) is 4.79 Å². The number of benzene rings is 1. The van der Waals surface area contributed by atoms with E-state index in [-0.39, 0.29) is 11.9 Å². The smallest absolute Gasteiger partial charge is 0.224 e. The molecule has 2 N–H and O–H groups in total. The van der Waals surface area contributed by atoms with Crippen molar-refractivity contribution in [3.05, 3.63) is 53.0 Å². The Kier molecular flexibility index (Phi) is 3.32. The zero-order valence-electron chi connectivity index (χ0n) is 11.7. The molecule has 4 heteroatoms. The van der Waals surface area contributed by atoms with Gasteiger partial charge in [-0.05, 0) is 49.2 Å². The van der Waals surface area contributed by atoms with Crippen molar-refractivity contribution in [2.45, 2.75) is 25.8 Å². The summed E-state index contributed by atoms with van der Waals surface area (Å²) in [6, 6.07) is 8.17. The summed E-state index contributed by atoms with van der Waals surface area (Å²) in [6.45, 7) is 2.04. The molecule has 1 atom stereocenters. The van der Waals surface area contributed by atoms with Crippen LogP contribution in [0.5, 0.6) is 0 Å². The fraction of sp³-hybridized carbons (Fsp3) is 0.312. The van der Waals surface area contributed by atoms with Crippen LogP contribution in [0.2, 0.25) is 0 Å². The summed E-state index contributed by atoms with van der Waals surface area (Å²) >= 11 is 0. The molecule has 2 heterocycles. The van der Waals surface area contributed by atoms with Gasteiger partial charge in [-0.15, -0.1) is 0 Å².